The molecule has 5 heteroatoms. The van der Waals surface area contributed by atoms with E-state index in [1.165, 1.54) is 0 Å². The van der Waals surface area contributed by atoms with Crippen LogP contribution in [0.1, 0.15) is 11.1 Å². The lowest BCUT2D eigenvalue weighted by Crippen LogP contribution is -2.22. The molecule has 0 unspecified atom stereocenters. The van der Waals surface area contributed by atoms with Crippen molar-refractivity contribution in [3.8, 4) is 0 Å². The van der Waals surface area contributed by atoms with Crippen LogP contribution in [0.4, 0.5) is 11.4 Å². The van der Waals surface area contributed by atoms with Crippen molar-refractivity contribution in [3.63, 3.8) is 0 Å². The van der Waals surface area contributed by atoms with E-state index in [4.69, 9.17) is 0 Å². The van der Waals surface area contributed by atoms with Crippen LogP contribution in [-0.4, -0.2) is 33.0 Å². The lowest BCUT2D eigenvalue weighted by atomic mass is 10.2. The first-order valence-corrected chi connectivity index (χ1v) is 9.58. The summed E-state index contributed by atoms with van der Waals surface area (Å²) in [5, 5.41) is 6.32. The summed E-state index contributed by atoms with van der Waals surface area (Å²) in [7, 11) is -3.07. The van der Waals surface area contributed by atoms with Gasteiger partial charge in [-0.25, -0.2) is 8.42 Å². The van der Waals surface area contributed by atoms with Crippen molar-refractivity contribution in [1.29, 1.82) is 0 Å². The zero-order valence-corrected chi connectivity index (χ0v) is 14.5. The number of hydrogen-bond donors (Lipinski definition) is 2. The standard InChI is InChI=1S/C18H24N2O2S/c1-15-5-3-7-17(13-15)19-9-11-23(21,22)12-10-20-18-8-4-6-16(2)14-18/h3-8,13-14,19-20H,9-12H2,1-2H3. The van der Waals surface area contributed by atoms with Crippen molar-refractivity contribution in [2.75, 3.05) is 35.2 Å². The number of rotatable bonds is 8. The highest BCUT2D eigenvalue weighted by atomic mass is 32.2. The van der Waals surface area contributed by atoms with Gasteiger partial charge in [-0.3, -0.25) is 0 Å². The fourth-order valence-electron chi connectivity index (χ4n) is 2.31. The molecule has 0 fully saturated rings. The number of anilines is 2. The minimum absolute atomic E-state index is 0.135. The first-order valence-electron chi connectivity index (χ1n) is 7.76. The molecular weight excluding hydrogens is 308 g/mol. The van der Waals surface area contributed by atoms with Crippen LogP contribution in [0.25, 0.3) is 0 Å². The highest BCUT2D eigenvalue weighted by molar-refractivity contribution is 7.91. The molecule has 2 aromatic rings. The highest BCUT2D eigenvalue weighted by Crippen LogP contribution is 2.10. The average molecular weight is 332 g/mol. The Morgan fingerprint density at radius 1 is 0.783 bits per heavy atom. The van der Waals surface area contributed by atoms with Gasteiger partial charge in [0.1, 0.15) is 0 Å². The minimum atomic E-state index is -3.07. The van der Waals surface area contributed by atoms with Crippen molar-refractivity contribution in [2.45, 2.75) is 13.8 Å². The highest BCUT2D eigenvalue weighted by Gasteiger charge is 2.10. The molecule has 0 atom stereocenters. The molecule has 0 heterocycles. The van der Waals surface area contributed by atoms with E-state index in [0.717, 1.165) is 22.5 Å². The van der Waals surface area contributed by atoms with Gasteiger partial charge in [0.25, 0.3) is 0 Å². The molecule has 0 aromatic heterocycles. The van der Waals surface area contributed by atoms with Gasteiger partial charge in [0.05, 0.1) is 11.5 Å². The Hall–Kier alpha value is -2.01. The van der Waals surface area contributed by atoms with Crippen LogP contribution in [0.3, 0.4) is 0 Å². The smallest absolute Gasteiger partial charge is 0.153 e. The second kappa shape index (κ2) is 8.02. The van der Waals surface area contributed by atoms with E-state index in [2.05, 4.69) is 10.6 Å². The topological polar surface area (TPSA) is 58.2 Å². The van der Waals surface area contributed by atoms with Crippen LogP contribution in [0.15, 0.2) is 48.5 Å². The molecule has 0 amide bonds. The van der Waals surface area contributed by atoms with Crippen LogP contribution in [0.2, 0.25) is 0 Å². The van der Waals surface area contributed by atoms with Gasteiger partial charge in [-0.2, -0.15) is 0 Å². The van der Waals surface area contributed by atoms with E-state index >= 15 is 0 Å². The molecule has 0 aliphatic carbocycles. The van der Waals surface area contributed by atoms with Crippen LogP contribution < -0.4 is 10.6 Å². The van der Waals surface area contributed by atoms with E-state index < -0.39 is 9.84 Å². The van der Waals surface area contributed by atoms with Crippen LogP contribution in [-0.2, 0) is 9.84 Å². The largest absolute Gasteiger partial charge is 0.384 e. The fraction of sp³-hybridized carbons (Fsp3) is 0.333. The van der Waals surface area contributed by atoms with Crippen LogP contribution in [0, 0.1) is 13.8 Å². The lowest BCUT2D eigenvalue weighted by molar-refractivity contribution is 0.597. The molecule has 0 saturated carbocycles. The molecule has 4 nitrogen and oxygen atoms in total. The molecule has 2 N–H and O–H groups in total. The Bertz CT molecular complexity index is 685. The first kappa shape index (κ1) is 17.3. The third kappa shape index (κ3) is 6.32. The van der Waals surface area contributed by atoms with Crippen molar-refractivity contribution in [3.05, 3.63) is 59.7 Å². The first-order chi connectivity index (χ1) is 10.9. The molecule has 0 radical (unpaired) electrons. The Morgan fingerprint density at radius 2 is 1.22 bits per heavy atom. The molecule has 0 spiro atoms. The predicted molar refractivity (Wildman–Crippen MR) is 98.0 cm³/mol. The predicted octanol–water partition coefficient (Wildman–Crippen LogP) is 3.24. The molecule has 23 heavy (non-hydrogen) atoms. The molecule has 124 valence electrons. The van der Waals surface area contributed by atoms with E-state index in [-0.39, 0.29) is 11.5 Å². The van der Waals surface area contributed by atoms with Crippen molar-refractivity contribution < 1.29 is 8.42 Å². The van der Waals surface area contributed by atoms with Gasteiger partial charge in [-0.05, 0) is 49.2 Å². The summed E-state index contributed by atoms with van der Waals surface area (Å²) >= 11 is 0. The van der Waals surface area contributed by atoms with Crippen LogP contribution >= 0.6 is 0 Å². The Morgan fingerprint density at radius 3 is 1.61 bits per heavy atom. The quantitative estimate of drug-likeness (QED) is 0.779. The molecule has 2 aromatic carbocycles. The summed E-state index contributed by atoms with van der Waals surface area (Å²) in [6, 6.07) is 15.8. The maximum Gasteiger partial charge on any atom is 0.153 e. The maximum absolute atomic E-state index is 12.1. The number of hydrogen-bond acceptors (Lipinski definition) is 4. The van der Waals surface area contributed by atoms with Gasteiger partial charge in [-0.1, -0.05) is 24.3 Å². The zero-order valence-electron chi connectivity index (χ0n) is 13.7. The van der Waals surface area contributed by atoms with Crippen molar-refractivity contribution in [2.24, 2.45) is 0 Å². The Labute approximate surface area is 138 Å². The molecular formula is C18H24N2O2S. The normalized spacial score (nSPS) is 11.2. The van der Waals surface area contributed by atoms with E-state index in [1.54, 1.807) is 0 Å². The maximum atomic E-state index is 12.1. The third-order valence-electron chi connectivity index (χ3n) is 3.52. The van der Waals surface area contributed by atoms with Gasteiger partial charge in [-0.15, -0.1) is 0 Å². The van der Waals surface area contributed by atoms with E-state index in [0.29, 0.717) is 13.1 Å². The second-order valence-electron chi connectivity index (χ2n) is 5.74. The zero-order chi connectivity index (χ0) is 16.7. The van der Waals surface area contributed by atoms with Gasteiger partial charge >= 0.3 is 0 Å². The van der Waals surface area contributed by atoms with Crippen LogP contribution in [0.5, 0.6) is 0 Å². The van der Waals surface area contributed by atoms with Gasteiger partial charge < -0.3 is 10.6 Å². The lowest BCUT2D eigenvalue weighted by Gasteiger charge is -2.10. The summed E-state index contributed by atoms with van der Waals surface area (Å²) in [4.78, 5) is 0. The van der Waals surface area contributed by atoms with Crippen molar-refractivity contribution >= 4 is 21.2 Å². The molecule has 0 saturated heterocycles. The molecule has 0 aliphatic rings. The van der Waals surface area contributed by atoms with Crippen molar-refractivity contribution in [1.82, 2.24) is 0 Å². The molecule has 0 aliphatic heterocycles. The Kier molecular flexibility index (Phi) is 6.04. The minimum Gasteiger partial charge on any atom is -0.384 e. The van der Waals surface area contributed by atoms with Gasteiger partial charge in [0.2, 0.25) is 0 Å². The number of nitrogens with one attached hydrogen (secondary N) is 2. The summed E-state index contributed by atoms with van der Waals surface area (Å²) in [5.74, 6) is 0.271. The summed E-state index contributed by atoms with van der Waals surface area (Å²) in [5.41, 5.74) is 4.22. The summed E-state index contributed by atoms with van der Waals surface area (Å²) in [6.45, 7) is 4.88. The second-order valence-corrected chi connectivity index (χ2v) is 8.05. The summed E-state index contributed by atoms with van der Waals surface area (Å²) in [6.07, 6.45) is 0. The van der Waals surface area contributed by atoms with Gasteiger partial charge in [0.15, 0.2) is 9.84 Å². The van der Waals surface area contributed by atoms with Gasteiger partial charge in [0, 0.05) is 24.5 Å². The summed E-state index contributed by atoms with van der Waals surface area (Å²) < 4.78 is 24.1. The number of benzene rings is 2. The van der Waals surface area contributed by atoms with E-state index in [1.807, 2.05) is 62.4 Å². The van der Waals surface area contributed by atoms with E-state index in [9.17, 15) is 8.42 Å². The monoisotopic (exact) mass is 332 g/mol. The third-order valence-corrected chi connectivity index (χ3v) is 5.17. The molecule has 2 rings (SSSR count). The SMILES string of the molecule is Cc1cccc(NCCS(=O)(=O)CCNc2cccc(C)c2)c1. The fourth-order valence-corrected chi connectivity index (χ4v) is 3.34. The number of aryl methyl sites for hydroxylation is 2. The average Bonchev–Trinajstić information content (AvgIpc) is 2.47. The molecule has 0 bridgehead atoms. The Balaban J connectivity index is 1.74. The number of sulfone groups is 1.